The molecule has 0 atom stereocenters. The van der Waals surface area contributed by atoms with Crippen LogP contribution in [-0.2, 0) is 31.9 Å². The number of imidazole rings is 1. The molecule has 0 saturated carbocycles. The predicted octanol–water partition coefficient (Wildman–Crippen LogP) is 0.716. The molecule has 26 heavy (non-hydrogen) atoms. The fourth-order valence-electron chi connectivity index (χ4n) is 3.05. The number of anilines is 1. The Balaban J connectivity index is 2.17. The molecule has 0 bridgehead atoms. The summed E-state index contributed by atoms with van der Waals surface area (Å²) in [6.07, 6.45) is 0. The van der Waals surface area contributed by atoms with E-state index in [1.165, 1.54) is 11.6 Å². The van der Waals surface area contributed by atoms with E-state index in [0.717, 1.165) is 10.1 Å². The third kappa shape index (κ3) is 3.03. The molecule has 1 aromatic carbocycles. The number of ether oxygens (including phenoxy) is 1. The summed E-state index contributed by atoms with van der Waals surface area (Å²) in [6.45, 7) is 1.53. The molecule has 0 aliphatic rings. The summed E-state index contributed by atoms with van der Waals surface area (Å²) in [4.78, 5) is 31.5. The van der Waals surface area contributed by atoms with Crippen molar-refractivity contribution in [1.82, 2.24) is 18.7 Å². The van der Waals surface area contributed by atoms with E-state index in [-0.39, 0.29) is 5.56 Å². The number of hydrogen-bond acceptors (Lipinski definition) is 5. The van der Waals surface area contributed by atoms with E-state index in [0.29, 0.717) is 36.8 Å². The average molecular weight is 357 g/mol. The van der Waals surface area contributed by atoms with Crippen molar-refractivity contribution < 1.29 is 4.74 Å². The summed E-state index contributed by atoms with van der Waals surface area (Å²) in [5, 5.41) is 0. The Kier molecular flexibility index (Phi) is 4.94. The van der Waals surface area contributed by atoms with E-state index in [4.69, 9.17) is 4.74 Å². The van der Waals surface area contributed by atoms with E-state index in [9.17, 15) is 9.59 Å². The molecule has 8 heteroatoms. The minimum atomic E-state index is -0.392. The maximum absolute atomic E-state index is 12.7. The fourth-order valence-corrected chi connectivity index (χ4v) is 3.05. The standard InChI is InChI=1S/C18H23N5O3/c1-20(12-13-8-6-5-7-9-13)17-19-15-14(23(17)10-11-26-4)16(24)22(3)18(25)21(15)2/h5-9H,10-12H2,1-4H3. The summed E-state index contributed by atoms with van der Waals surface area (Å²) >= 11 is 0. The lowest BCUT2D eigenvalue weighted by Gasteiger charge is -2.19. The third-order valence-corrected chi connectivity index (χ3v) is 4.45. The third-order valence-electron chi connectivity index (χ3n) is 4.45. The Morgan fingerprint density at radius 2 is 1.81 bits per heavy atom. The second-order valence-electron chi connectivity index (χ2n) is 6.28. The highest BCUT2D eigenvalue weighted by molar-refractivity contribution is 5.74. The van der Waals surface area contributed by atoms with Gasteiger partial charge in [0.2, 0.25) is 5.95 Å². The molecule has 0 amide bonds. The highest BCUT2D eigenvalue weighted by Crippen LogP contribution is 2.20. The van der Waals surface area contributed by atoms with Crippen molar-refractivity contribution in [2.45, 2.75) is 13.1 Å². The molecule has 0 N–H and O–H groups in total. The maximum atomic E-state index is 12.7. The van der Waals surface area contributed by atoms with Crippen LogP contribution in [0.15, 0.2) is 39.9 Å². The van der Waals surface area contributed by atoms with Gasteiger partial charge >= 0.3 is 5.69 Å². The highest BCUT2D eigenvalue weighted by atomic mass is 16.5. The van der Waals surface area contributed by atoms with Crippen molar-refractivity contribution >= 4 is 17.1 Å². The van der Waals surface area contributed by atoms with Crippen molar-refractivity contribution in [2.24, 2.45) is 14.1 Å². The summed E-state index contributed by atoms with van der Waals surface area (Å²) < 4.78 is 9.53. The number of hydrogen-bond donors (Lipinski definition) is 0. The second-order valence-corrected chi connectivity index (χ2v) is 6.28. The number of aryl methyl sites for hydroxylation is 1. The first kappa shape index (κ1) is 17.9. The zero-order chi connectivity index (χ0) is 18.8. The van der Waals surface area contributed by atoms with Crippen LogP contribution < -0.4 is 16.1 Å². The maximum Gasteiger partial charge on any atom is 0.332 e. The lowest BCUT2D eigenvalue weighted by molar-refractivity contribution is 0.188. The number of methoxy groups -OCH3 is 1. The molecule has 0 aliphatic carbocycles. The first-order valence-electron chi connectivity index (χ1n) is 8.36. The van der Waals surface area contributed by atoms with Crippen LogP contribution >= 0.6 is 0 Å². The number of aromatic nitrogens is 4. The van der Waals surface area contributed by atoms with E-state index >= 15 is 0 Å². The Morgan fingerprint density at radius 1 is 1.12 bits per heavy atom. The van der Waals surface area contributed by atoms with E-state index in [2.05, 4.69) is 4.98 Å². The molecule has 2 heterocycles. The molecule has 0 spiro atoms. The molecule has 3 rings (SSSR count). The number of rotatable bonds is 6. The largest absolute Gasteiger partial charge is 0.383 e. The first-order chi connectivity index (χ1) is 12.5. The van der Waals surface area contributed by atoms with Crippen LogP contribution in [0.2, 0.25) is 0 Å². The zero-order valence-electron chi connectivity index (χ0n) is 15.5. The van der Waals surface area contributed by atoms with Crippen LogP contribution in [-0.4, -0.2) is 39.4 Å². The Bertz CT molecular complexity index is 1030. The van der Waals surface area contributed by atoms with Crippen molar-refractivity contribution in [2.75, 3.05) is 25.7 Å². The molecule has 0 unspecified atom stereocenters. The van der Waals surface area contributed by atoms with Gasteiger partial charge in [0.05, 0.1) is 6.61 Å². The van der Waals surface area contributed by atoms with Gasteiger partial charge in [-0.15, -0.1) is 0 Å². The average Bonchev–Trinajstić information content (AvgIpc) is 3.03. The molecular formula is C18H23N5O3. The summed E-state index contributed by atoms with van der Waals surface area (Å²) in [5.41, 5.74) is 1.16. The van der Waals surface area contributed by atoms with Gasteiger partial charge < -0.3 is 14.2 Å². The minimum absolute atomic E-state index is 0.355. The van der Waals surface area contributed by atoms with Gasteiger partial charge in [0.15, 0.2) is 11.2 Å². The molecule has 138 valence electrons. The SMILES string of the molecule is COCCn1c(N(C)Cc2ccccc2)nc2c1c(=O)n(C)c(=O)n2C. The Labute approximate surface area is 150 Å². The number of nitrogens with zero attached hydrogens (tertiary/aromatic N) is 5. The van der Waals surface area contributed by atoms with Crippen LogP contribution in [0.1, 0.15) is 5.56 Å². The Hall–Kier alpha value is -2.87. The van der Waals surface area contributed by atoms with Crippen LogP contribution in [0.4, 0.5) is 5.95 Å². The molecule has 0 saturated heterocycles. The highest BCUT2D eigenvalue weighted by Gasteiger charge is 2.21. The first-order valence-corrected chi connectivity index (χ1v) is 8.36. The van der Waals surface area contributed by atoms with Gasteiger partial charge in [0.1, 0.15) is 0 Å². The van der Waals surface area contributed by atoms with Crippen molar-refractivity contribution in [1.29, 1.82) is 0 Å². The number of fused-ring (bicyclic) bond motifs is 1. The monoisotopic (exact) mass is 357 g/mol. The Morgan fingerprint density at radius 3 is 2.46 bits per heavy atom. The topological polar surface area (TPSA) is 74.3 Å². The quantitative estimate of drug-likeness (QED) is 0.650. The van der Waals surface area contributed by atoms with Gasteiger partial charge in [-0.3, -0.25) is 13.9 Å². The molecular weight excluding hydrogens is 334 g/mol. The molecule has 0 fully saturated rings. The van der Waals surface area contributed by atoms with Crippen LogP contribution in [0.3, 0.4) is 0 Å². The lowest BCUT2D eigenvalue weighted by atomic mass is 10.2. The summed E-state index contributed by atoms with van der Waals surface area (Å²) in [6, 6.07) is 10.0. The molecule has 2 aromatic heterocycles. The zero-order valence-corrected chi connectivity index (χ0v) is 15.5. The van der Waals surface area contributed by atoms with E-state index in [1.54, 1.807) is 14.2 Å². The minimum Gasteiger partial charge on any atom is -0.383 e. The van der Waals surface area contributed by atoms with Crippen molar-refractivity contribution in [3.05, 3.63) is 56.7 Å². The summed E-state index contributed by atoms with van der Waals surface area (Å²) in [5.74, 6) is 0.624. The van der Waals surface area contributed by atoms with Gasteiger partial charge in [-0.25, -0.2) is 4.79 Å². The van der Waals surface area contributed by atoms with Crippen molar-refractivity contribution in [3.8, 4) is 0 Å². The molecule has 8 nitrogen and oxygen atoms in total. The molecule has 3 aromatic rings. The fraction of sp³-hybridized carbons (Fsp3) is 0.389. The number of benzene rings is 1. The molecule has 0 radical (unpaired) electrons. The smallest absolute Gasteiger partial charge is 0.332 e. The van der Waals surface area contributed by atoms with E-state index < -0.39 is 5.69 Å². The van der Waals surface area contributed by atoms with Gasteiger partial charge in [-0.05, 0) is 5.56 Å². The van der Waals surface area contributed by atoms with Gasteiger partial charge in [-0.2, -0.15) is 4.98 Å². The van der Waals surface area contributed by atoms with Gasteiger partial charge in [-0.1, -0.05) is 30.3 Å². The van der Waals surface area contributed by atoms with Crippen molar-refractivity contribution in [3.63, 3.8) is 0 Å². The lowest BCUT2D eigenvalue weighted by Crippen LogP contribution is -2.37. The van der Waals surface area contributed by atoms with Crippen LogP contribution in [0, 0.1) is 0 Å². The van der Waals surface area contributed by atoms with Gasteiger partial charge in [0.25, 0.3) is 5.56 Å². The van der Waals surface area contributed by atoms with E-state index in [1.807, 2.05) is 46.8 Å². The van der Waals surface area contributed by atoms with Crippen LogP contribution in [0.5, 0.6) is 0 Å². The normalized spacial score (nSPS) is 11.2. The van der Waals surface area contributed by atoms with Gasteiger partial charge in [0, 0.05) is 41.3 Å². The predicted molar refractivity (Wildman–Crippen MR) is 101 cm³/mol. The summed E-state index contributed by atoms with van der Waals surface area (Å²) in [7, 11) is 6.63. The second kappa shape index (κ2) is 7.17. The molecule has 0 aliphatic heterocycles. The van der Waals surface area contributed by atoms with Crippen LogP contribution in [0.25, 0.3) is 11.2 Å².